The van der Waals surface area contributed by atoms with Crippen LogP contribution < -0.4 is 5.32 Å². The van der Waals surface area contributed by atoms with E-state index in [-0.39, 0.29) is 11.4 Å². The normalized spacial score (nSPS) is 11.4. The molecule has 1 rings (SSSR count). The van der Waals surface area contributed by atoms with Crippen molar-refractivity contribution < 1.29 is 19.1 Å². The summed E-state index contributed by atoms with van der Waals surface area (Å²) in [4.78, 5) is 10.6. The van der Waals surface area contributed by atoms with Crippen LogP contribution >= 0.6 is 0 Å². The Morgan fingerprint density at radius 1 is 1.56 bits per heavy atom. The maximum absolute atomic E-state index is 10.6. The Hall–Kier alpha value is -1.49. The van der Waals surface area contributed by atoms with Crippen molar-refractivity contribution in [3.63, 3.8) is 0 Å². The number of anilines is 1. The van der Waals surface area contributed by atoms with Crippen LogP contribution in [0.1, 0.15) is 31.3 Å². The van der Waals surface area contributed by atoms with Gasteiger partial charge in [0.1, 0.15) is 0 Å². The van der Waals surface area contributed by atoms with Gasteiger partial charge in [0.2, 0.25) is 5.76 Å². The highest BCUT2D eigenvalue weighted by molar-refractivity contribution is 5.84. The lowest BCUT2D eigenvalue weighted by molar-refractivity contribution is 0.000418. The number of carboxylic acid groups (broad SMARTS) is 1. The van der Waals surface area contributed by atoms with Gasteiger partial charge < -0.3 is 19.6 Å². The molecule has 0 spiro atoms. The van der Waals surface area contributed by atoms with E-state index in [1.54, 1.807) is 6.07 Å². The Bertz CT molecular complexity index is 357. The Kier molecular flexibility index (Phi) is 3.95. The van der Waals surface area contributed by atoms with Crippen LogP contribution in [-0.2, 0) is 4.74 Å². The molecule has 1 aromatic rings. The van der Waals surface area contributed by atoms with Crippen molar-refractivity contribution >= 4 is 11.9 Å². The van der Waals surface area contributed by atoms with Crippen LogP contribution in [0.2, 0.25) is 0 Å². The van der Waals surface area contributed by atoms with Crippen LogP contribution in [0.5, 0.6) is 0 Å². The first-order valence-corrected chi connectivity index (χ1v) is 5.15. The molecule has 1 heterocycles. The van der Waals surface area contributed by atoms with Gasteiger partial charge in [0.15, 0.2) is 5.88 Å². The van der Waals surface area contributed by atoms with Gasteiger partial charge in [-0.3, -0.25) is 0 Å². The Morgan fingerprint density at radius 2 is 2.25 bits per heavy atom. The Balaban J connectivity index is 2.51. The molecule has 0 saturated carbocycles. The molecular weight excluding hydrogens is 210 g/mol. The third-order valence-corrected chi connectivity index (χ3v) is 2.04. The smallest absolute Gasteiger partial charge is 0.371 e. The van der Waals surface area contributed by atoms with E-state index in [1.807, 2.05) is 20.8 Å². The number of rotatable bonds is 6. The van der Waals surface area contributed by atoms with Crippen LogP contribution in [0.4, 0.5) is 5.88 Å². The second-order valence-corrected chi connectivity index (χ2v) is 4.02. The van der Waals surface area contributed by atoms with Gasteiger partial charge in [-0.2, -0.15) is 0 Å². The third-order valence-electron chi connectivity index (χ3n) is 2.04. The van der Waals surface area contributed by atoms with Crippen molar-refractivity contribution in [3.05, 3.63) is 17.9 Å². The van der Waals surface area contributed by atoms with Crippen LogP contribution in [0.3, 0.4) is 0 Å². The fraction of sp³-hybridized carbons (Fsp3) is 0.545. The predicted molar refractivity (Wildman–Crippen MR) is 59.9 cm³/mol. The number of furan rings is 1. The molecule has 0 aromatic carbocycles. The largest absolute Gasteiger partial charge is 0.475 e. The van der Waals surface area contributed by atoms with E-state index in [9.17, 15) is 4.79 Å². The molecule has 0 unspecified atom stereocenters. The molecule has 0 fully saturated rings. The van der Waals surface area contributed by atoms with E-state index >= 15 is 0 Å². The summed E-state index contributed by atoms with van der Waals surface area (Å²) in [6.45, 7) is 7.01. The van der Waals surface area contributed by atoms with Crippen molar-refractivity contribution in [3.8, 4) is 0 Å². The average molecular weight is 227 g/mol. The number of hydrogen-bond donors (Lipinski definition) is 2. The zero-order chi connectivity index (χ0) is 12.2. The number of aromatic carboxylic acids is 1. The van der Waals surface area contributed by atoms with Gasteiger partial charge in [-0.25, -0.2) is 4.79 Å². The maximum Gasteiger partial charge on any atom is 0.371 e. The molecule has 0 aliphatic carbocycles. The summed E-state index contributed by atoms with van der Waals surface area (Å²) < 4.78 is 10.5. The number of nitrogens with one attached hydrogen (secondary N) is 1. The molecule has 1 aromatic heterocycles. The third kappa shape index (κ3) is 3.58. The fourth-order valence-corrected chi connectivity index (χ4v) is 1.29. The molecule has 0 amide bonds. The molecule has 90 valence electrons. The second-order valence-electron chi connectivity index (χ2n) is 4.02. The number of carboxylic acids is 1. The predicted octanol–water partition coefficient (Wildman–Crippen LogP) is 2.20. The number of carbonyl (C=O) groups is 1. The fourth-order valence-electron chi connectivity index (χ4n) is 1.29. The van der Waals surface area contributed by atoms with Gasteiger partial charge in [0.25, 0.3) is 0 Å². The standard InChI is InChI=1S/C11H17NO4/c1-4-15-11(2,3)7-12-9-6-5-8(16-9)10(13)14/h5-6,12H,4,7H2,1-3H3,(H,13,14). The quantitative estimate of drug-likeness (QED) is 0.779. The molecule has 0 radical (unpaired) electrons. The minimum Gasteiger partial charge on any atom is -0.475 e. The summed E-state index contributed by atoms with van der Waals surface area (Å²) in [6, 6.07) is 3.00. The Labute approximate surface area is 94.4 Å². The summed E-state index contributed by atoms with van der Waals surface area (Å²) in [5.74, 6) is -0.709. The summed E-state index contributed by atoms with van der Waals surface area (Å²) in [6.07, 6.45) is 0. The number of ether oxygens (including phenoxy) is 1. The lowest BCUT2D eigenvalue weighted by atomic mass is 10.1. The summed E-state index contributed by atoms with van der Waals surface area (Å²) in [7, 11) is 0. The van der Waals surface area contributed by atoms with Gasteiger partial charge in [-0.1, -0.05) is 0 Å². The average Bonchev–Trinajstić information content (AvgIpc) is 2.63. The van der Waals surface area contributed by atoms with Crippen molar-refractivity contribution in [2.45, 2.75) is 26.4 Å². The van der Waals surface area contributed by atoms with Crippen LogP contribution in [0.25, 0.3) is 0 Å². The first-order chi connectivity index (χ1) is 7.44. The highest BCUT2D eigenvalue weighted by atomic mass is 16.5. The number of hydrogen-bond acceptors (Lipinski definition) is 4. The molecule has 0 saturated heterocycles. The van der Waals surface area contributed by atoms with Crippen molar-refractivity contribution in [2.75, 3.05) is 18.5 Å². The lowest BCUT2D eigenvalue weighted by Gasteiger charge is -2.24. The van der Waals surface area contributed by atoms with E-state index in [1.165, 1.54) is 6.07 Å². The Morgan fingerprint density at radius 3 is 2.75 bits per heavy atom. The van der Waals surface area contributed by atoms with E-state index in [2.05, 4.69) is 5.32 Å². The summed E-state index contributed by atoms with van der Waals surface area (Å²) >= 11 is 0. The molecule has 0 aliphatic heterocycles. The van der Waals surface area contributed by atoms with Crippen molar-refractivity contribution in [1.82, 2.24) is 0 Å². The first-order valence-electron chi connectivity index (χ1n) is 5.15. The molecule has 5 nitrogen and oxygen atoms in total. The molecule has 5 heteroatoms. The summed E-state index contributed by atoms with van der Waals surface area (Å²) in [5.41, 5.74) is -0.315. The minimum absolute atomic E-state index is 0.0725. The van der Waals surface area contributed by atoms with E-state index in [4.69, 9.17) is 14.3 Å². The molecule has 0 aliphatic rings. The molecule has 16 heavy (non-hydrogen) atoms. The topological polar surface area (TPSA) is 71.7 Å². The molecular formula is C11H17NO4. The lowest BCUT2D eigenvalue weighted by Crippen LogP contribution is -2.33. The maximum atomic E-state index is 10.6. The van der Waals surface area contributed by atoms with Gasteiger partial charge in [0, 0.05) is 19.2 Å². The minimum atomic E-state index is -1.07. The molecule has 0 atom stereocenters. The van der Waals surface area contributed by atoms with E-state index in [0.29, 0.717) is 19.0 Å². The van der Waals surface area contributed by atoms with Gasteiger partial charge in [-0.15, -0.1) is 0 Å². The van der Waals surface area contributed by atoms with Gasteiger partial charge in [0.05, 0.1) is 5.60 Å². The molecule has 0 bridgehead atoms. The van der Waals surface area contributed by atoms with E-state index in [0.717, 1.165) is 0 Å². The zero-order valence-corrected chi connectivity index (χ0v) is 9.74. The first kappa shape index (κ1) is 12.6. The van der Waals surface area contributed by atoms with Crippen LogP contribution in [0, 0.1) is 0 Å². The SMILES string of the molecule is CCOC(C)(C)CNc1ccc(C(=O)O)o1. The van der Waals surface area contributed by atoms with Crippen LogP contribution in [-0.4, -0.2) is 29.8 Å². The summed E-state index contributed by atoms with van der Waals surface area (Å²) in [5, 5.41) is 11.7. The highest BCUT2D eigenvalue weighted by Gasteiger charge is 2.18. The van der Waals surface area contributed by atoms with E-state index < -0.39 is 5.97 Å². The van der Waals surface area contributed by atoms with Crippen LogP contribution in [0.15, 0.2) is 16.5 Å². The zero-order valence-electron chi connectivity index (χ0n) is 9.74. The van der Waals surface area contributed by atoms with Gasteiger partial charge >= 0.3 is 5.97 Å². The van der Waals surface area contributed by atoms with Crippen molar-refractivity contribution in [2.24, 2.45) is 0 Å². The molecule has 2 N–H and O–H groups in total. The van der Waals surface area contributed by atoms with Gasteiger partial charge in [-0.05, 0) is 26.8 Å². The monoisotopic (exact) mass is 227 g/mol. The second kappa shape index (κ2) is 5.03. The van der Waals surface area contributed by atoms with Crippen molar-refractivity contribution in [1.29, 1.82) is 0 Å². The highest BCUT2D eigenvalue weighted by Crippen LogP contribution is 2.16.